The maximum Gasteiger partial charge on any atom is 0.416 e. The SMILES string of the molecule is O=[N+]([O-])c1cc(C(F)(F)F)ccc1N1CCN(Cc2ccccc2F)CC1. The number of rotatable bonds is 4. The summed E-state index contributed by atoms with van der Waals surface area (Å²) in [5.41, 5.74) is -0.881. The predicted octanol–water partition coefficient (Wildman–Crippen LogP) is 4.07. The number of benzene rings is 2. The van der Waals surface area contributed by atoms with Crippen molar-refractivity contribution < 1.29 is 22.5 Å². The van der Waals surface area contributed by atoms with E-state index in [-0.39, 0.29) is 11.5 Å². The minimum absolute atomic E-state index is 0.165. The summed E-state index contributed by atoms with van der Waals surface area (Å²) in [5, 5.41) is 11.2. The Kier molecular flexibility index (Phi) is 5.31. The van der Waals surface area contributed by atoms with E-state index in [1.807, 2.05) is 4.90 Å². The van der Waals surface area contributed by atoms with Crippen LogP contribution < -0.4 is 4.90 Å². The van der Waals surface area contributed by atoms with E-state index in [0.717, 1.165) is 12.1 Å². The summed E-state index contributed by atoms with van der Waals surface area (Å²) >= 11 is 0. The van der Waals surface area contributed by atoms with Gasteiger partial charge in [-0.25, -0.2) is 4.39 Å². The van der Waals surface area contributed by atoms with Gasteiger partial charge >= 0.3 is 6.18 Å². The van der Waals surface area contributed by atoms with Gasteiger partial charge in [0.15, 0.2) is 0 Å². The molecule has 0 radical (unpaired) electrons. The van der Waals surface area contributed by atoms with E-state index < -0.39 is 22.4 Å². The number of alkyl halides is 3. The smallest absolute Gasteiger partial charge is 0.363 e. The topological polar surface area (TPSA) is 49.6 Å². The van der Waals surface area contributed by atoms with Gasteiger partial charge in [-0.2, -0.15) is 13.2 Å². The third-order valence-electron chi connectivity index (χ3n) is 4.56. The van der Waals surface area contributed by atoms with E-state index >= 15 is 0 Å². The summed E-state index contributed by atoms with van der Waals surface area (Å²) in [6.07, 6.45) is -4.64. The molecule has 0 saturated carbocycles. The van der Waals surface area contributed by atoms with E-state index in [1.165, 1.54) is 6.07 Å². The first-order valence-electron chi connectivity index (χ1n) is 8.32. The molecular formula is C18H17F4N3O2. The van der Waals surface area contributed by atoms with E-state index in [2.05, 4.69) is 0 Å². The Bertz CT molecular complexity index is 834. The van der Waals surface area contributed by atoms with E-state index in [9.17, 15) is 27.7 Å². The lowest BCUT2D eigenvalue weighted by molar-refractivity contribution is -0.384. The highest BCUT2D eigenvalue weighted by atomic mass is 19.4. The third-order valence-corrected chi connectivity index (χ3v) is 4.56. The van der Waals surface area contributed by atoms with Crippen molar-refractivity contribution in [3.05, 3.63) is 69.5 Å². The molecule has 1 heterocycles. The Morgan fingerprint density at radius 2 is 1.70 bits per heavy atom. The Labute approximate surface area is 153 Å². The lowest BCUT2D eigenvalue weighted by Gasteiger charge is -2.36. The summed E-state index contributed by atoms with van der Waals surface area (Å²) < 4.78 is 52.2. The maximum absolute atomic E-state index is 13.8. The average Bonchev–Trinajstić information content (AvgIpc) is 2.63. The van der Waals surface area contributed by atoms with Crippen molar-refractivity contribution >= 4 is 11.4 Å². The molecule has 0 atom stereocenters. The number of piperazine rings is 1. The minimum Gasteiger partial charge on any atom is -0.363 e. The summed E-state index contributed by atoms with van der Waals surface area (Å²) in [5.74, 6) is -0.293. The molecular weight excluding hydrogens is 366 g/mol. The fourth-order valence-corrected chi connectivity index (χ4v) is 3.13. The quantitative estimate of drug-likeness (QED) is 0.454. The second-order valence-electron chi connectivity index (χ2n) is 6.31. The molecule has 0 N–H and O–H groups in total. The molecule has 1 aliphatic heterocycles. The molecule has 3 rings (SSSR count). The number of hydrogen-bond donors (Lipinski definition) is 0. The molecule has 1 fully saturated rings. The normalized spacial score (nSPS) is 15.8. The van der Waals surface area contributed by atoms with Crippen LogP contribution in [0.15, 0.2) is 42.5 Å². The number of anilines is 1. The molecule has 144 valence electrons. The van der Waals surface area contributed by atoms with Crippen molar-refractivity contribution in [1.82, 2.24) is 4.90 Å². The molecule has 2 aromatic carbocycles. The van der Waals surface area contributed by atoms with Gasteiger partial charge in [-0.05, 0) is 18.2 Å². The molecule has 1 saturated heterocycles. The van der Waals surface area contributed by atoms with Crippen LogP contribution in [0.25, 0.3) is 0 Å². The van der Waals surface area contributed by atoms with Crippen LogP contribution in [0.1, 0.15) is 11.1 Å². The number of halogens is 4. The van der Waals surface area contributed by atoms with Gasteiger partial charge in [0.1, 0.15) is 11.5 Å². The summed E-state index contributed by atoms with van der Waals surface area (Å²) in [6.45, 7) is 2.26. The van der Waals surface area contributed by atoms with Crippen LogP contribution in [-0.2, 0) is 12.7 Å². The molecule has 0 aromatic heterocycles. The highest BCUT2D eigenvalue weighted by Crippen LogP contribution is 2.36. The van der Waals surface area contributed by atoms with E-state index in [1.54, 1.807) is 23.1 Å². The number of hydrogen-bond acceptors (Lipinski definition) is 4. The van der Waals surface area contributed by atoms with Gasteiger partial charge in [-0.1, -0.05) is 18.2 Å². The van der Waals surface area contributed by atoms with Gasteiger partial charge in [-0.3, -0.25) is 15.0 Å². The first-order chi connectivity index (χ1) is 12.8. The lowest BCUT2D eigenvalue weighted by Crippen LogP contribution is -2.46. The van der Waals surface area contributed by atoms with Gasteiger partial charge in [0.25, 0.3) is 5.69 Å². The summed E-state index contributed by atoms with van der Waals surface area (Å²) in [7, 11) is 0. The molecule has 0 amide bonds. The van der Waals surface area contributed by atoms with Crippen LogP contribution in [0, 0.1) is 15.9 Å². The maximum atomic E-state index is 13.8. The Morgan fingerprint density at radius 3 is 2.30 bits per heavy atom. The molecule has 1 aliphatic rings. The number of nitro benzene ring substituents is 1. The predicted molar refractivity (Wildman–Crippen MR) is 92.0 cm³/mol. The van der Waals surface area contributed by atoms with Gasteiger partial charge < -0.3 is 4.90 Å². The van der Waals surface area contributed by atoms with Crippen molar-refractivity contribution in [2.45, 2.75) is 12.7 Å². The zero-order valence-corrected chi connectivity index (χ0v) is 14.2. The van der Waals surface area contributed by atoms with Crippen LogP contribution in [-0.4, -0.2) is 36.0 Å². The molecule has 9 heteroatoms. The van der Waals surface area contributed by atoms with Gasteiger partial charge in [0.05, 0.1) is 10.5 Å². The number of nitro groups is 1. The lowest BCUT2D eigenvalue weighted by atomic mass is 10.1. The highest BCUT2D eigenvalue weighted by Gasteiger charge is 2.34. The Hall–Kier alpha value is -2.68. The monoisotopic (exact) mass is 383 g/mol. The largest absolute Gasteiger partial charge is 0.416 e. The molecule has 0 bridgehead atoms. The van der Waals surface area contributed by atoms with Crippen LogP contribution in [0.2, 0.25) is 0 Å². The van der Waals surface area contributed by atoms with Crippen LogP contribution in [0.5, 0.6) is 0 Å². The first kappa shape index (κ1) is 19.1. The average molecular weight is 383 g/mol. The van der Waals surface area contributed by atoms with Crippen molar-refractivity contribution in [2.75, 3.05) is 31.1 Å². The molecule has 0 spiro atoms. The second kappa shape index (κ2) is 7.51. The van der Waals surface area contributed by atoms with Crippen molar-refractivity contribution in [1.29, 1.82) is 0 Å². The van der Waals surface area contributed by atoms with E-state index in [4.69, 9.17) is 0 Å². The second-order valence-corrected chi connectivity index (χ2v) is 6.31. The van der Waals surface area contributed by atoms with Gasteiger partial charge in [0, 0.05) is 44.4 Å². The molecule has 27 heavy (non-hydrogen) atoms. The third kappa shape index (κ3) is 4.36. The number of nitrogens with zero attached hydrogens (tertiary/aromatic N) is 3. The van der Waals surface area contributed by atoms with Crippen LogP contribution in [0.4, 0.5) is 28.9 Å². The molecule has 2 aromatic rings. The zero-order chi connectivity index (χ0) is 19.6. The Morgan fingerprint density at radius 1 is 1.04 bits per heavy atom. The summed E-state index contributed by atoms with van der Waals surface area (Å²) in [4.78, 5) is 14.1. The van der Waals surface area contributed by atoms with Gasteiger partial charge in [-0.15, -0.1) is 0 Å². The first-order valence-corrected chi connectivity index (χ1v) is 8.32. The van der Waals surface area contributed by atoms with Crippen molar-refractivity contribution in [3.8, 4) is 0 Å². The molecule has 0 aliphatic carbocycles. The van der Waals surface area contributed by atoms with Crippen LogP contribution in [0.3, 0.4) is 0 Å². The molecule has 5 nitrogen and oxygen atoms in total. The Balaban J connectivity index is 1.72. The van der Waals surface area contributed by atoms with Gasteiger partial charge in [0.2, 0.25) is 0 Å². The summed E-state index contributed by atoms with van der Waals surface area (Å²) in [6, 6.07) is 9.02. The zero-order valence-electron chi connectivity index (χ0n) is 14.2. The van der Waals surface area contributed by atoms with Crippen molar-refractivity contribution in [3.63, 3.8) is 0 Å². The fraction of sp³-hybridized carbons (Fsp3) is 0.333. The van der Waals surface area contributed by atoms with E-state index in [0.29, 0.717) is 44.4 Å². The fourth-order valence-electron chi connectivity index (χ4n) is 3.13. The minimum atomic E-state index is -4.64. The standard InChI is InChI=1S/C18H17F4N3O2/c19-15-4-2-1-3-13(15)12-23-7-9-24(10-8-23)16-6-5-14(18(20,21)22)11-17(16)25(26)27/h1-6,11H,7-10,12H2. The van der Waals surface area contributed by atoms with Crippen LogP contribution >= 0.6 is 0 Å². The highest BCUT2D eigenvalue weighted by molar-refractivity contribution is 5.65. The molecule has 0 unspecified atom stereocenters. The van der Waals surface area contributed by atoms with Crippen molar-refractivity contribution in [2.24, 2.45) is 0 Å².